The third kappa shape index (κ3) is 6.81. The van der Waals surface area contributed by atoms with Crippen molar-refractivity contribution in [2.45, 2.75) is 46.1 Å². The minimum absolute atomic E-state index is 0.313. The van der Waals surface area contributed by atoms with Crippen LogP contribution in [0.25, 0.3) is 0 Å². The van der Waals surface area contributed by atoms with Crippen LogP contribution in [0.5, 0.6) is 0 Å². The lowest BCUT2D eigenvalue weighted by atomic mass is 10.1. The van der Waals surface area contributed by atoms with Gasteiger partial charge in [-0.3, -0.25) is 0 Å². The quantitative estimate of drug-likeness (QED) is 0.719. The summed E-state index contributed by atoms with van der Waals surface area (Å²) in [5.74, 6) is -0.450. The van der Waals surface area contributed by atoms with Gasteiger partial charge in [-0.2, -0.15) is 0 Å². The Morgan fingerprint density at radius 1 is 1.29 bits per heavy atom. The van der Waals surface area contributed by atoms with E-state index >= 15 is 0 Å². The molecule has 17 heavy (non-hydrogen) atoms. The molecule has 0 unspecified atom stereocenters. The summed E-state index contributed by atoms with van der Waals surface area (Å²) < 4.78 is 0. The number of nitrogens with zero attached hydrogens (tertiary/aromatic N) is 1. The maximum Gasteiger partial charge on any atom is 0.326 e. The number of carboxylic acid groups (broad SMARTS) is 1. The minimum Gasteiger partial charge on any atom is -0.480 e. The molecule has 0 heterocycles. The molecule has 5 nitrogen and oxygen atoms in total. The van der Waals surface area contributed by atoms with Crippen LogP contribution in [-0.4, -0.2) is 41.6 Å². The Kier molecular flexibility index (Phi) is 7.34. The SMILES string of the molecule is CCC[C@@H](NC(=O)N(C)CCC(C)C)C(=O)O. The fourth-order valence-electron chi connectivity index (χ4n) is 1.36. The second kappa shape index (κ2) is 7.92. The Hall–Kier alpha value is -1.26. The first-order valence-electron chi connectivity index (χ1n) is 6.12. The van der Waals surface area contributed by atoms with Crippen molar-refractivity contribution in [2.24, 2.45) is 5.92 Å². The molecule has 100 valence electrons. The van der Waals surface area contributed by atoms with Gasteiger partial charge in [-0.25, -0.2) is 9.59 Å². The van der Waals surface area contributed by atoms with Gasteiger partial charge in [0, 0.05) is 13.6 Å². The van der Waals surface area contributed by atoms with Crippen molar-refractivity contribution < 1.29 is 14.7 Å². The van der Waals surface area contributed by atoms with Crippen LogP contribution in [0.2, 0.25) is 0 Å². The van der Waals surface area contributed by atoms with Crippen LogP contribution in [0.4, 0.5) is 4.79 Å². The van der Waals surface area contributed by atoms with E-state index in [-0.39, 0.29) is 6.03 Å². The molecule has 0 aromatic rings. The van der Waals surface area contributed by atoms with E-state index in [1.807, 2.05) is 6.92 Å². The number of nitrogens with one attached hydrogen (secondary N) is 1. The lowest BCUT2D eigenvalue weighted by molar-refractivity contribution is -0.139. The van der Waals surface area contributed by atoms with Gasteiger partial charge >= 0.3 is 12.0 Å². The average Bonchev–Trinajstić information content (AvgIpc) is 2.24. The number of amides is 2. The second-order valence-corrected chi connectivity index (χ2v) is 4.73. The third-order valence-electron chi connectivity index (χ3n) is 2.56. The number of urea groups is 1. The zero-order valence-electron chi connectivity index (χ0n) is 11.2. The van der Waals surface area contributed by atoms with Crippen molar-refractivity contribution in [1.29, 1.82) is 0 Å². The van der Waals surface area contributed by atoms with E-state index in [4.69, 9.17) is 5.11 Å². The molecule has 0 aromatic heterocycles. The maximum atomic E-state index is 11.7. The first-order chi connectivity index (χ1) is 7.88. The molecule has 0 radical (unpaired) electrons. The second-order valence-electron chi connectivity index (χ2n) is 4.73. The maximum absolute atomic E-state index is 11.7. The average molecular weight is 244 g/mol. The minimum atomic E-state index is -0.975. The van der Waals surface area contributed by atoms with Gasteiger partial charge in [0.05, 0.1) is 0 Å². The molecule has 0 saturated heterocycles. The fourth-order valence-corrected chi connectivity index (χ4v) is 1.36. The summed E-state index contributed by atoms with van der Waals surface area (Å²) in [6.07, 6.45) is 2.10. The predicted molar refractivity (Wildman–Crippen MR) is 66.9 cm³/mol. The molecular weight excluding hydrogens is 220 g/mol. The highest BCUT2D eigenvalue weighted by Crippen LogP contribution is 2.02. The zero-order chi connectivity index (χ0) is 13.4. The first-order valence-corrected chi connectivity index (χ1v) is 6.12. The molecule has 0 aliphatic rings. The van der Waals surface area contributed by atoms with Crippen molar-refractivity contribution >= 4 is 12.0 Å². The standard InChI is InChI=1S/C12H24N2O3/c1-5-6-10(11(15)16)13-12(17)14(4)8-7-9(2)3/h9-10H,5-8H2,1-4H3,(H,13,17)(H,15,16)/t10-/m1/s1. The molecule has 0 aliphatic carbocycles. The molecular formula is C12H24N2O3. The van der Waals surface area contributed by atoms with Crippen LogP contribution in [0.15, 0.2) is 0 Å². The molecule has 0 aliphatic heterocycles. The summed E-state index contributed by atoms with van der Waals surface area (Å²) in [5, 5.41) is 11.4. The normalized spacial score (nSPS) is 12.3. The number of hydrogen-bond acceptors (Lipinski definition) is 2. The van der Waals surface area contributed by atoms with E-state index in [9.17, 15) is 9.59 Å². The van der Waals surface area contributed by atoms with E-state index in [1.54, 1.807) is 7.05 Å². The van der Waals surface area contributed by atoms with E-state index in [0.717, 1.165) is 12.8 Å². The highest BCUT2D eigenvalue weighted by Gasteiger charge is 2.20. The summed E-state index contributed by atoms with van der Waals surface area (Å²) in [4.78, 5) is 24.1. The molecule has 0 rings (SSSR count). The summed E-state index contributed by atoms with van der Waals surface area (Å²) in [5.41, 5.74) is 0. The zero-order valence-corrected chi connectivity index (χ0v) is 11.2. The van der Waals surface area contributed by atoms with Crippen molar-refractivity contribution in [1.82, 2.24) is 10.2 Å². The van der Waals surface area contributed by atoms with Crippen molar-refractivity contribution in [3.8, 4) is 0 Å². The molecule has 0 spiro atoms. The summed E-state index contributed by atoms with van der Waals surface area (Å²) in [6.45, 7) is 6.71. The van der Waals surface area contributed by atoms with Gasteiger partial charge in [0.15, 0.2) is 0 Å². The lowest BCUT2D eigenvalue weighted by Crippen LogP contribution is -2.46. The number of carbonyl (C=O) groups excluding carboxylic acids is 1. The van der Waals surface area contributed by atoms with Crippen LogP contribution < -0.4 is 5.32 Å². The smallest absolute Gasteiger partial charge is 0.326 e. The largest absolute Gasteiger partial charge is 0.480 e. The molecule has 5 heteroatoms. The Labute approximate surface area is 103 Å². The van der Waals surface area contributed by atoms with Crippen LogP contribution >= 0.6 is 0 Å². The van der Waals surface area contributed by atoms with Crippen molar-refractivity contribution in [2.75, 3.05) is 13.6 Å². The highest BCUT2D eigenvalue weighted by molar-refractivity contribution is 5.82. The Balaban J connectivity index is 4.15. The van der Waals surface area contributed by atoms with E-state index in [2.05, 4.69) is 19.2 Å². The van der Waals surface area contributed by atoms with Gasteiger partial charge in [0.2, 0.25) is 0 Å². The van der Waals surface area contributed by atoms with Gasteiger partial charge in [-0.15, -0.1) is 0 Å². The third-order valence-corrected chi connectivity index (χ3v) is 2.56. The Morgan fingerprint density at radius 3 is 2.29 bits per heavy atom. The van der Waals surface area contributed by atoms with E-state index in [1.165, 1.54) is 4.90 Å². The topological polar surface area (TPSA) is 69.6 Å². The molecule has 2 amide bonds. The van der Waals surface area contributed by atoms with Gasteiger partial charge in [0.1, 0.15) is 6.04 Å². The highest BCUT2D eigenvalue weighted by atomic mass is 16.4. The summed E-state index contributed by atoms with van der Waals surface area (Å²) >= 11 is 0. The van der Waals surface area contributed by atoms with Gasteiger partial charge in [-0.1, -0.05) is 27.2 Å². The molecule has 0 fully saturated rings. The van der Waals surface area contributed by atoms with Crippen LogP contribution in [0.3, 0.4) is 0 Å². The van der Waals surface area contributed by atoms with Gasteiger partial charge < -0.3 is 15.3 Å². The number of carboxylic acids is 1. The molecule has 1 atom stereocenters. The monoisotopic (exact) mass is 244 g/mol. The first kappa shape index (κ1) is 15.7. The Morgan fingerprint density at radius 2 is 1.88 bits per heavy atom. The van der Waals surface area contributed by atoms with Crippen LogP contribution in [0.1, 0.15) is 40.0 Å². The molecule has 2 N–H and O–H groups in total. The molecule has 0 aromatic carbocycles. The van der Waals surface area contributed by atoms with E-state index < -0.39 is 12.0 Å². The van der Waals surface area contributed by atoms with Crippen molar-refractivity contribution in [3.63, 3.8) is 0 Å². The van der Waals surface area contributed by atoms with Gasteiger partial charge in [0.25, 0.3) is 0 Å². The van der Waals surface area contributed by atoms with Gasteiger partial charge in [-0.05, 0) is 18.8 Å². The van der Waals surface area contributed by atoms with Crippen LogP contribution in [-0.2, 0) is 4.79 Å². The number of rotatable bonds is 7. The summed E-state index contributed by atoms with van der Waals surface area (Å²) in [7, 11) is 1.68. The predicted octanol–water partition coefficient (Wildman–Crippen LogP) is 1.93. The lowest BCUT2D eigenvalue weighted by Gasteiger charge is -2.21. The number of carbonyl (C=O) groups is 2. The van der Waals surface area contributed by atoms with Crippen LogP contribution in [0, 0.1) is 5.92 Å². The number of aliphatic carboxylic acids is 1. The van der Waals surface area contributed by atoms with Crippen molar-refractivity contribution in [3.05, 3.63) is 0 Å². The molecule has 0 saturated carbocycles. The summed E-state index contributed by atoms with van der Waals surface area (Å²) in [6, 6.07) is -1.10. The molecule has 0 bridgehead atoms. The fraction of sp³-hybridized carbons (Fsp3) is 0.833. The number of hydrogen-bond donors (Lipinski definition) is 2. The van der Waals surface area contributed by atoms with E-state index in [0.29, 0.717) is 18.9 Å². The Bertz CT molecular complexity index is 254.